The van der Waals surface area contributed by atoms with Gasteiger partial charge in [-0.25, -0.2) is 0 Å². The van der Waals surface area contributed by atoms with Crippen molar-refractivity contribution >= 4 is 0 Å². The van der Waals surface area contributed by atoms with Crippen LogP contribution in [0.5, 0.6) is 0 Å². The van der Waals surface area contributed by atoms with E-state index in [2.05, 4.69) is 20.8 Å². The first-order chi connectivity index (χ1) is 27.3. The van der Waals surface area contributed by atoms with Crippen LogP contribution in [-0.2, 0) is 0 Å². The molecule has 55 heavy (non-hydrogen) atoms. The first-order valence-corrected chi connectivity index (χ1v) is 27.1. The summed E-state index contributed by atoms with van der Waals surface area (Å²) in [6.45, 7) is 8.73. The van der Waals surface area contributed by atoms with E-state index in [1.165, 1.54) is 321 Å². The Balaban J connectivity index is 3.45. The summed E-state index contributed by atoms with van der Waals surface area (Å²) in [5.74, 6) is 1.01. The van der Waals surface area contributed by atoms with Crippen molar-refractivity contribution in [2.45, 2.75) is 341 Å². The van der Waals surface area contributed by atoms with Gasteiger partial charge in [-0.15, -0.1) is 0 Å². The van der Waals surface area contributed by atoms with Gasteiger partial charge < -0.3 is 0 Å². The highest BCUT2D eigenvalue weighted by atomic mass is 14.1. The smallest absolute Gasteiger partial charge is 0.0414 e. The van der Waals surface area contributed by atoms with Gasteiger partial charge in [0.15, 0.2) is 0 Å². The van der Waals surface area contributed by atoms with E-state index in [4.69, 9.17) is 0 Å². The maximum absolute atomic E-state index is 4.10. The summed E-state index contributed by atoms with van der Waals surface area (Å²) in [5.41, 5.74) is 0. The molecule has 0 heteroatoms. The van der Waals surface area contributed by atoms with Crippen molar-refractivity contribution in [1.29, 1.82) is 0 Å². The van der Waals surface area contributed by atoms with Gasteiger partial charge in [-0.2, -0.15) is 0 Å². The second-order valence-electron chi connectivity index (χ2n) is 19.0. The number of hydrogen-bond acceptors (Lipinski definition) is 0. The lowest BCUT2D eigenvalue weighted by atomic mass is 9.89. The minimum atomic E-state index is 1.01. The predicted octanol–water partition coefficient (Wildman–Crippen LogP) is 21.4. The molecule has 1 atom stereocenters. The molecular weight excluding hydrogens is 661 g/mol. The second-order valence-corrected chi connectivity index (χ2v) is 19.0. The van der Waals surface area contributed by atoms with Crippen LogP contribution in [0.15, 0.2) is 0 Å². The third-order valence-electron chi connectivity index (χ3n) is 13.3. The fourth-order valence-corrected chi connectivity index (χ4v) is 9.30. The largest absolute Gasteiger partial charge is 0.0654 e. The zero-order valence-corrected chi connectivity index (χ0v) is 39.3. The van der Waals surface area contributed by atoms with Crippen molar-refractivity contribution in [2.24, 2.45) is 5.92 Å². The molecule has 0 amide bonds. The van der Waals surface area contributed by atoms with Crippen molar-refractivity contribution < 1.29 is 0 Å². The van der Waals surface area contributed by atoms with E-state index in [-0.39, 0.29) is 0 Å². The van der Waals surface area contributed by atoms with Crippen LogP contribution in [0.3, 0.4) is 0 Å². The topological polar surface area (TPSA) is 0 Å². The molecule has 0 aromatic heterocycles. The van der Waals surface area contributed by atoms with Crippen LogP contribution < -0.4 is 0 Å². The highest BCUT2D eigenvalue weighted by Gasteiger charge is 2.09. The van der Waals surface area contributed by atoms with Gasteiger partial charge in [0.1, 0.15) is 0 Å². The van der Waals surface area contributed by atoms with Crippen LogP contribution in [0, 0.1) is 12.8 Å². The van der Waals surface area contributed by atoms with Gasteiger partial charge in [0.05, 0.1) is 0 Å². The summed E-state index contributed by atoms with van der Waals surface area (Å²) in [4.78, 5) is 0. The molecule has 331 valence electrons. The SMILES string of the molecule is [CH2]CCCCC(CCCCCCCCCCCCCCCCCCCCCC)CCCCCCCCCCCCCCCCCCCCCCCCCCC. The van der Waals surface area contributed by atoms with E-state index in [0.717, 1.165) is 12.3 Å². The zero-order valence-electron chi connectivity index (χ0n) is 39.3. The summed E-state index contributed by atoms with van der Waals surface area (Å²) >= 11 is 0. The van der Waals surface area contributed by atoms with Gasteiger partial charge >= 0.3 is 0 Å². The molecule has 1 unspecified atom stereocenters. The summed E-state index contributed by atoms with van der Waals surface area (Å²) in [7, 11) is 0. The molecule has 0 heterocycles. The van der Waals surface area contributed by atoms with E-state index in [9.17, 15) is 0 Å². The maximum atomic E-state index is 4.10. The number of hydrogen-bond donors (Lipinski definition) is 0. The van der Waals surface area contributed by atoms with Crippen molar-refractivity contribution in [2.75, 3.05) is 0 Å². The van der Waals surface area contributed by atoms with Gasteiger partial charge in [0.2, 0.25) is 0 Å². The number of rotatable bonds is 51. The molecule has 1 radical (unpaired) electrons. The summed E-state index contributed by atoms with van der Waals surface area (Å²) in [6, 6.07) is 0. The fourth-order valence-electron chi connectivity index (χ4n) is 9.30. The molecule has 0 aliphatic rings. The molecule has 0 spiro atoms. The molecule has 0 aromatic carbocycles. The molecule has 0 aliphatic carbocycles. The van der Waals surface area contributed by atoms with E-state index in [0.29, 0.717) is 0 Å². The summed E-state index contributed by atoms with van der Waals surface area (Å²) in [5, 5.41) is 0. The van der Waals surface area contributed by atoms with Crippen LogP contribution in [0.25, 0.3) is 0 Å². The quantitative estimate of drug-likeness (QED) is 0.0540. The van der Waals surface area contributed by atoms with E-state index in [1.807, 2.05) is 0 Å². The molecule has 0 saturated carbocycles. The second kappa shape index (κ2) is 52.0. The summed E-state index contributed by atoms with van der Waals surface area (Å²) < 4.78 is 0. The highest BCUT2D eigenvalue weighted by Crippen LogP contribution is 2.25. The highest BCUT2D eigenvalue weighted by molar-refractivity contribution is 4.63. The normalized spacial score (nSPS) is 12.3. The molecule has 0 saturated heterocycles. The Hall–Kier alpha value is 0. The zero-order chi connectivity index (χ0) is 39.6. The average Bonchev–Trinajstić information content (AvgIpc) is 3.19. The lowest BCUT2D eigenvalue weighted by Gasteiger charge is -2.17. The molecule has 0 aliphatic heterocycles. The molecular formula is C55H111. The van der Waals surface area contributed by atoms with Gasteiger partial charge in [0.25, 0.3) is 0 Å². The van der Waals surface area contributed by atoms with Gasteiger partial charge in [-0.05, 0) is 5.92 Å². The molecule has 0 N–H and O–H groups in total. The van der Waals surface area contributed by atoms with Gasteiger partial charge in [0, 0.05) is 0 Å². The van der Waals surface area contributed by atoms with Crippen molar-refractivity contribution in [1.82, 2.24) is 0 Å². The first kappa shape index (κ1) is 55.0. The van der Waals surface area contributed by atoms with Crippen LogP contribution in [0.2, 0.25) is 0 Å². The Kier molecular flexibility index (Phi) is 52.0. The number of unbranched alkanes of at least 4 members (excludes halogenated alkanes) is 45. The van der Waals surface area contributed by atoms with Crippen molar-refractivity contribution in [3.8, 4) is 0 Å². The molecule has 0 fully saturated rings. The van der Waals surface area contributed by atoms with E-state index in [1.54, 1.807) is 0 Å². The average molecular weight is 772 g/mol. The molecule has 0 aromatic rings. The lowest BCUT2D eigenvalue weighted by Crippen LogP contribution is -2.01. The standard InChI is InChI=1S/C55H111/c1-4-7-10-12-14-16-18-20-22-24-26-28-29-30-31-32-34-36-38-40-42-44-46-48-51-54-55(52-49-9-6-3)53-50-47-45-43-41-39-37-35-33-27-25-23-21-19-17-15-13-11-8-5-2/h55H,3-54H2,1-2H3. The lowest BCUT2D eigenvalue weighted by molar-refractivity contribution is 0.368. The Morgan fingerprint density at radius 1 is 0.200 bits per heavy atom. The van der Waals surface area contributed by atoms with Crippen molar-refractivity contribution in [3.05, 3.63) is 6.92 Å². The van der Waals surface area contributed by atoms with Crippen LogP contribution in [-0.4, -0.2) is 0 Å². The molecule has 0 bridgehead atoms. The molecule has 0 rings (SSSR count). The Bertz CT molecular complexity index is 622. The summed E-state index contributed by atoms with van der Waals surface area (Å²) in [6.07, 6.45) is 75.1. The van der Waals surface area contributed by atoms with Crippen LogP contribution in [0.1, 0.15) is 341 Å². The van der Waals surface area contributed by atoms with Crippen molar-refractivity contribution in [3.63, 3.8) is 0 Å². The third kappa shape index (κ3) is 50.1. The Labute approximate surface area is 352 Å². The fraction of sp³-hybridized carbons (Fsp3) is 0.982. The minimum absolute atomic E-state index is 1.01. The third-order valence-corrected chi connectivity index (χ3v) is 13.3. The van der Waals surface area contributed by atoms with Crippen LogP contribution in [0.4, 0.5) is 0 Å². The molecule has 0 nitrogen and oxygen atoms in total. The van der Waals surface area contributed by atoms with E-state index < -0.39 is 0 Å². The van der Waals surface area contributed by atoms with Crippen LogP contribution >= 0.6 is 0 Å². The van der Waals surface area contributed by atoms with Gasteiger partial charge in [-0.3, -0.25) is 0 Å². The Morgan fingerprint density at radius 2 is 0.345 bits per heavy atom. The monoisotopic (exact) mass is 772 g/mol. The minimum Gasteiger partial charge on any atom is -0.0654 e. The Morgan fingerprint density at radius 3 is 0.509 bits per heavy atom. The predicted molar refractivity (Wildman–Crippen MR) is 256 cm³/mol. The van der Waals surface area contributed by atoms with E-state index >= 15 is 0 Å². The first-order valence-electron chi connectivity index (χ1n) is 27.1. The maximum Gasteiger partial charge on any atom is -0.0414 e. The van der Waals surface area contributed by atoms with Gasteiger partial charge in [-0.1, -0.05) is 348 Å².